The maximum absolute atomic E-state index is 13.8. The van der Waals surface area contributed by atoms with Crippen molar-refractivity contribution in [1.82, 2.24) is 4.98 Å². The molecule has 0 N–H and O–H groups in total. The molecule has 3 aromatic rings. The lowest BCUT2D eigenvalue weighted by molar-refractivity contribution is -0.142. The quantitative estimate of drug-likeness (QED) is 0.147. The zero-order chi connectivity index (χ0) is 28.4. The standard InChI is InChI=1S/C32H38FNO4Si/c1-32(2,3)39(5,6)38-25(20-29(36)37-4)19-24(35)17-18-27-30(21-13-15-23(33)16-14-21)26-9-7-8-10-28(26)34-31(27)22-11-12-22/h7-10,13-18,22,25H,11-12,19-20H2,1-6H3/b18-17+/t25-/m1/s1. The second kappa shape index (κ2) is 11.5. The number of benzene rings is 2. The number of hydrogen-bond acceptors (Lipinski definition) is 5. The van der Waals surface area contributed by atoms with Gasteiger partial charge in [0.1, 0.15) is 5.82 Å². The molecule has 0 aliphatic heterocycles. The highest BCUT2D eigenvalue weighted by Gasteiger charge is 2.40. The summed E-state index contributed by atoms with van der Waals surface area (Å²) in [7, 11) is -0.886. The molecule has 4 rings (SSSR count). The molecule has 0 spiro atoms. The predicted molar refractivity (Wildman–Crippen MR) is 156 cm³/mol. The number of fused-ring (bicyclic) bond motifs is 1. The molecular formula is C32H38FNO4Si. The number of nitrogens with zero attached hydrogens (tertiary/aromatic N) is 1. The number of para-hydroxylation sites is 1. The van der Waals surface area contributed by atoms with Gasteiger partial charge in [0.2, 0.25) is 0 Å². The molecule has 0 amide bonds. The molecule has 1 aliphatic carbocycles. The van der Waals surface area contributed by atoms with Crippen LogP contribution in [0.1, 0.15) is 63.6 Å². The van der Waals surface area contributed by atoms with Gasteiger partial charge in [-0.2, -0.15) is 0 Å². The number of rotatable bonds is 10. The van der Waals surface area contributed by atoms with E-state index in [1.54, 1.807) is 18.2 Å². The smallest absolute Gasteiger partial charge is 0.308 e. The number of ketones is 1. The average molecular weight is 548 g/mol. The topological polar surface area (TPSA) is 65.5 Å². The van der Waals surface area contributed by atoms with E-state index in [4.69, 9.17) is 14.1 Å². The molecule has 2 aromatic carbocycles. The summed E-state index contributed by atoms with van der Waals surface area (Å²) in [5.41, 5.74) is 4.53. The number of halogens is 1. The fourth-order valence-corrected chi connectivity index (χ4v) is 5.85. The molecule has 206 valence electrons. The molecule has 0 unspecified atom stereocenters. The minimum absolute atomic E-state index is 0.0221. The highest BCUT2D eigenvalue weighted by Crippen LogP contribution is 2.45. The zero-order valence-electron chi connectivity index (χ0n) is 23.7. The summed E-state index contributed by atoms with van der Waals surface area (Å²) in [6.45, 7) is 10.6. The maximum atomic E-state index is 13.8. The Morgan fingerprint density at radius 2 is 1.74 bits per heavy atom. The Kier molecular flexibility index (Phi) is 8.52. The fraction of sp³-hybridized carbons (Fsp3) is 0.406. The largest absolute Gasteiger partial charge is 0.469 e. The Balaban J connectivity index is 1.71. The van der Waals surface area contributed by atoms with Crippen molar-refractivity contribution in [2.45, 2.75) is 76.6 Å². The number of ether oxygens (including phenoxy) is 1. The van der Waals surface area contributed by atoms with Crippen LogP contribution in [0.25, 0.3) is 28.1 Å². The van der Waals surface area contributed by atoms with Crippen LogP contribution >= 0.6 is 0 Å². The Hall–Kier alpha value is -3.16. The number of carbonyl (C=O) groups excluding carboxylic acids is 2. The van der Waals surface area contributed by atoms with E-state index in [0.29, 0.717) is 5.92 Å². The number of carbonyl (C=O) groups is 2. The third-order valence-electron chi connectivity index (χ3n) is 7.81. The van der Waals surface area contributed by atoms with Crippen molar-refractivity contribution in [2.24, 2.45) is 0 Å². The van der Waals surface area contributed by atoms with Gasteiger partial charge in [0.05, 0.1) is 30.8 Å². The van der Waals surface area contributed by atoms with Crippen LogP contribution in [0, 0.1) is 5.82 Å². The van der Waals surface area contributed by atoms with Gasteiger partial charge in [-0.25, -0.2) is 4.39 Å². The molecule has 0 bridgehead atoms. The molecule has 7 heteroatoms. The van der Waals surface area contributed by atoms with E-state index in [0.717, 1.165) is 46.1 Å². The summed E-state index contributed by atoms with van der Waals surface area (Å²) in [5, 5.41) is 0.880. The number of methoxy groups -OCH3 is 1. The van der Waals surface area contributed by atoms with Crippen molar-refractivity contribution in [2.75, 3.05) is 7.11 Å². The molecular weight excluding hydrogens is 509 g/mol. The third-order valence-corrected chi connectivity index (χ3v) is 12.3. The summed E-state index contributed by atoms with van der Waals surface area (Å²) in [4.78, 5) is 30.4. The number of hydrogen-bond donors (Lipinski definition) is 0. The second-order valence-electron chi connectivity index (χ2n) is 11.9. The van der Waals surface area contributed by atoms with Crippen molar-refractivity contribution in [1.29, 1.82) is 0 Å². The van der Waals surface area contributed by atoms with Crippen LogP contribution in [0.3, 0.4) is 0 Å². The van der Waals surface area contributed by atoms with E-state index in [9.17, 15) is 14.0 Å². The minimum atomic E-state index is -2.23. The molecule has 1 atom stereocenters. The molecule has 1 aliphatic rings. The zero-order valence-corrected chi connectivity index (χ0v) is 24.7. The fourth-order valence-electron chi connectivity index (χ4n) is 4.50. The molecule has 1 fully saturated rings. The predicted octanol–water partition coefficient (Wildman–Crippen LogP) is 7.84. The lowest BCUT2D eigenvalue weighted by Crippen LogP contribution is -2.44. The van der Waals surface area contributed by atoms with Gasteiger partial charge in [-0.15, -0.1) is 0 Å². The monoisotopic (exact) mass is 547 g/mol. The first-order valence-electron chi connectivity index (χ1n) is 13.5. The van der Waals surface area contributed by atoms with Crippen LogP contribution in [0.15, 0.2) is 54.6 Å². The van der Waals surface area contributed by atoms with Crippen molar-refractivity contribution in [3.8, 4) is 11.1 Å². The van der Waals surface area contributed by atoms with Crippen molar-refractivity contribution >= 4 is 37.0 Å². The summed E-state index contributed by atoms with van der Waals surface area (Å²) >= 11 is 0. The van der Waals surface area contributed by atoms with Crippen molar-refractivity contribution in [3.05, 3.63) is 71.7 Å². The first-order chi connectivity index (χ1) is 18.4. The first-order valence-corrected chi connectivity index (χ1v) is 16.4. The van der Waals surface area contributed by atoms with Gasteiger partial charge in [-0.1, -0.05) is 51.1 Å². The minimum Gasteiger partial charge on any atom is -0.469 e. The number of aromatic nitrogens is 1. The number of esters is 1. The number of pyridine rings is 1. The van der Waals surface area contributed by atoms with Crippen LogP contribution in [0.5, 0.6) is 0 Å². The van der Waals surface area contributed by atoms with E-state index in [-0.39, 0.29) is 29.5 Å². The first kappa shape index (κ1) is 28.8. The van der Waals surface area contributed by atoms with Gasteiger partial charge in [0.25, 0.3) is 0 Å². The summed E-state index contributed by atoms with van der Waals surface area (Å²) in [6, 6.07) is 14.4. The SMILES string of the molecule is COC(=O)C[C@@H](CC(=O)/C=C/c1c(C2CC2)nc2ccccc2c1-c1ccc(F)cc1)O[Si](C)(C)C(C)(C)C. The van der Waals surface area contributed by atoms with Crippen molar-refractivity contribution < 1.29 is 23.1 Å². The Morgan fingerprint density at radius 1 is 1.08 bits per heavy atom. The Morgan fingerprint density at radius 3 is 2.36 bits per heavy atom. The summed E-state index contributed by atoms with van der Waals surface area (Å²) < 4.78 is 25.2. The third kappa shape index (κ3) is 6.89. The molecule has 1 saturated carbocycles. The van der Waals surface area contributed by atoms with Gasteiger partial charge in [-0.05, 0) is 66.9 Å². The van der Waals surface area contributed by atoms with E-state index < -0.39 is 20.4 Å². The number of allylic oxidation sites excluding steroid dienone is 1. The summed E-state index contributed by atoms with van der Waals surface area (Å²) in [6.07, 6.45) is 5.04. The van der Waals surface area contributed by atoms with E-state index >= 15 is 0 Å². The van der Waals surface area contributed by atoms with Crippen LogP contribution in [0.2, 0.25) is 18.1 Å². The maximum Gasteiger partial charge on any atom is 0.308 e. The average Bonchev–Trinajstić information content (AvgIpc) is 3.71. The van der Waals surface area contributed by atoms with Crippen molar-refractivity contribution in [3.63, 3.8) is 0 Å². The lowest BCUT2D eigenvalue weighted by atomic mass is 9.92. The highest BCUT2D eigenvalue weighted by atomic mass is 28.4. The van der Waals surface area contributed by atoms with E-state index in [1.165, 1.54) is 19.2 Å². The van der Waals surface area contributed by atoms with Gasteiger partial charge < -0.3 is 9.16 Å². The molecule has 0 radical (unpaired) electrons. The van der Waals surface area contributed by atoms with Crippen LogP contribution in [-0.4, -0.2) is 38.3 Å². The van der Waals surface area contributed by atoms with E-state index in [1.807, 2.05) is 30.3 Å². The lowest BCUT2D eigenvalue weighted by Gasteiger charge is -2.39. The van der Waals surface area contributed by atoms with Gasteiger partial charge in [-0.3, -0.25) is 14.6 Å². The van der Waals surface area contributed by atoms with E-state index in [2.05, 4.69) is 33.9 Å². The Bertz CT molecular complexity index is 1390. The summed E-state index contributed by atoms with van der Waals surface area (Å²) in [5.74, 6) is -0.505. The van der Waals surface area contributed by atoms with Gasteiger partial charge >= 0.3 is 5.97 Å². The highest BCUT2D eigenvalue weighted by molar-refractivity contribution is 6.74. The normalized spacial score (nSPS) is 15.1. The van der Waals surface area contributed by atoms with Crippen LogP contribution in [-0.2, 0) is 18.8 Å². The molecule has 39 heavy (non-hydrogen) atoms. The van der Waals surface area contributed by atoms with Gasteiger partial charge in [0.15, 0.2) is 14.1 Å². The Labute approximate surface area is 231 Å². The van der Waals surface area contributed by atoms with Crippen LogP contribution < -0.4 is 0 Å². The molecule has 0 saturated heterocycles. The molecule has 1 heterocycles. The molecule has 1 aromatic heterocycles. The van der Waals surface area contributed by atoms with Crippen LogP contribution in [0.4, 0.5) is 4.39 Å². The second-order valence-corrected chi connectivity index (χ2v) is 16.6. The van der Waals surface area contributed by atoms with Gasteiger partial charge in [0, 0.05) is 28.9 Å². The molecule has 5 nitrogen and oxygen atoms in total.